The van der Waals surface area contributed by atoms with Gasteiger partial charge in [0.2, 0.25) is 10.0 Å². The van der Waals surface area contributed by atoms with Gasteiger partial charge in [-0.3, -0.25) is 0 Å². The van der Waals surface area contributed by atoms with Crippen molar-refractivity contribution in [3.05, 3.63) is 18.0 Å². The molecule has 0 aliphatic heterocycles. The van der Waals surface area contributed by atoms with Gasteiger partial charge in [-0.1, -0.05) is 0 Å². The Morgan fingerprint density at radius 3 is 2.65 bits per heavy atom. The van der Waals surface area contributed by atoms with Crippen LogP contribution in [0.3, 0.4) is 0 Å². The summed E-state index contributed by atoms with van der Waals surface area (Å²) in [5.41, 5.74) is 5.43. The van der Waals surface area contributed by atoms with E-state index in [1.54, 1.807) is 13.8 Å². The third kappa shape index (κ3) is 3.81. The van der Waals surface area contributed by atoms with Gasteiger partial charge in [-0.05, 0) is 19.9 Å². The van der Waals surface area contributed by atoms with E-state index in [1.165, 1.54) is 19.4 Å². The summed E-state index contributed by atoms with van der Waals surface area (Å²) in [6, 6.07) is 1.52. The zero-order chi connectivity index (χ0) is 13.1. The average Bonchev–Trinajstić information content (AvgIpc) is 2.64. The molecule has 98 valence electrons. The largest absolute Gasteiger partial charge is 0.383 e. The number of rotatable bonds is 6. The number of hydrogen-bond donors (Lipinski definition) is 3. The summed E-state index contributed by atoms with van der Waals surface area (Å²) in [5, 5.41) is 0. The van der Waals surface area contributed by atoms with Crippen molar-refractivity contribution < 1.29 is 13.2 Å². The molecule has 0 bridgehead atoms. The second kappa shape index (κ2) is 5.18. The second-order valence-electron chi connectivity index (χ2n) is 4.49. The number of nitrogens with two attached hydrogens (primary N) is 1. The Bertz CT molecular complexity index is 465. The minimum Gasteiger partial charge on any atom is -0.383 e. The van der Waals surface area contributed by atoms with Gasteiger partial charge in [-0.2, -0.15) is 0 Å². The van der Waals surface area contributed by atoms with E-state index < -0.39 is 15.6 Å². The highest BCUT2D eigenvalue weighted by Gasteiger charge is 2.26. The Morgan fingerprint density at radius 1 is 1.53 bits per heavy atom. The first-order valence-corrected chi connectivity index (χ1v) is 6.69. The third-order valence-corrected chi connectivity index (χ3v) is 3.84. The minimum atomic E-state index is -3.55. The summed E-state index contributed by atoms with van der Waals surface area (Å²) in [5.74, 6) is 0. The van der Waals surface area contributed by atoms with Gasteiger partial charge >= 0.3 is 0 Å². The monoisotopic (exact) mass is 261 g/mol. The van der Waals surface area contributed by atoms with Gasteiger partial charge in [0.1, 0.15) is 0 Å². The Hall–Kier alpha value is -0.890. The normalized spacial score (nSPS) is 12.9. The molecule has 0 aromatic carbocycles. The van der Waals surface area contributed by atoms with Crippen molar-refractivity contribution in [1.29, 1.82) is 0 Å². The summed E-state index contributed by atoms with van der Waals surface area (Å²) in [6.45, 7) is 4.08. The summed E-state index contributed by atoms with van der Waals surface area (Å²) in [4.78, 5) is 2.99. The smallest absolute Gasteiger partial charge is 0.242 e. The fraction of sp³-hybridized carbons (Fsp3) is 0.600. The summed E-state index contributed by atoms with van der Waals surface area (Å²) < 4.78 is 31.6. The molecule has 6 nitrogen and oxygen atoms in total. The lowest BCUT2D eigenvalue weighted by molar-refractivity contribution is 0.141. The maximum absolute atomic E-state index is 12.0. The molecule has 1 aromatic rings. The topological polar surface area (TPSA) is 97.2 Å². The molecule has 0 saturated heterocycles. The first-order valence-electron chi connectivity index (χ1n) is 5.21. The molecular formula is C10H19N3O3S. The molecule has 0 unspecified atom stereocenters. The van der Waals surface area contributed by atoms with E-state index in [4.69, 9.17) is 10.5 Å². The van der Waals surface area contributed by atoms with Crippen molar-refractivity contribution in [2.24, 2.45) is 5.73 Å². The highest BCUT2D eigenvalue weighted by atomic mass is 32.2. The molecule has 0 radical (unpaired) electrons. The van der Waals surface area contributed by atoms with Crippen molar-refractivity contribution in [1.82, 2.24) is 9.71 Å². The summed E-state index contributed by atoms with van der Waals surface area (Å²) >= 11 is 0. The highest BCUT2D eigenvalue weighted by molar-refractivity contribution is 7.89. The lowest BCUT2D eigenvalue weighted by Crippen LogP contribution is -2.46. The number of sulfonamides is 1. The van der Waals surface area contributed by atoms with E-state index in [0.717, 1.165) is 0 Å². The molecule has 0 atom stereocenters. The maximum Gasteiger partial charge on any atom is 0.242 e. The Balaban J connectivity index is 2.88. The molecule has 0 spiro atoms. The van der Waals surface area contributed by atoms with Crippen molar-refractivity contribution in [2.45, 2.75) is 30.8 Å². The van der Waals surface area contributed by atoms with Crippen LogP contribution >= 0.6 is 0 Å². The number of methoxy groups -OCH3 is 1. The predicted molar refractivity (Wildman–Crippen MR) is 65.0 cm³/mol. The van der Waals surface area contributed by atoms with Crippen LogP contribution in [-0.2, 0) is 21.3 Å². The van der Waals surface area contributed by atoms with E-state index in [-0.39, 0.29) is 11.4 Å². The van der Waals surface area contributed by atoms with Crippen LogP contribution in [0.5, 0.6) is 0 Å². The van der Waals surface area contributed by atoms with Crippen molar-refractivity contribution >= 4 is 10.0 Å². The van der Waals surface area contributed by atoms with E-state index >= 15 is 0 Å². The SMILES string of the molecule is COCC(C)(C)NS(=O)(=O)c1c[nH]c(CN)c1. The minimum absolute atomic E-state index is 0.183. The molecule has 0 aliphatic rings. The van der Waals surface area contributed by atoms with Crippen LogP contribution in [0.15, 0.2) is 17.2 Å². The third-order valence-electron chi connectivity index (χ3n) is 2.16. The van der Waals surface area contributed by atoms with Gasteiger partial charge in [0, 0.05) is 25.5 Å². The van der Waals surface area contributed by atoms with Crippen LogP contribution in [0.1, 0.15) is 19.5 Å². The highest BCUT2D eigenvalue weighted by Crippen LogP contribution is 2.14. The molecule has 0 amide bonds. The number of H-pyrrole nitrogens is 1. The van der Waals surface area contributed by atoms with Gasteiger partial charge in [0.25, 0.3) is 0 Å². The number of aromatic amines is 1. The molecule has 1 rings (SSSR count). The second-order valence-corrected chi connectivity index (χ2v) is 6.17. The lowest BCUT2D eigenvalue weighted by atomic mass is 10.1. The Morgan fingerprint density at radius 2 is 2.18 bits per heavy atom. The summed E-state index contributed by atoms with van der Waals surface area (Å²) in [6.07, 6.45) is 1.42. The van der Waals surface area contributed by atoms with E-state index in [1.807, 2.05) is 0 Å². The number of ether oxygens (including phenoxy) is 1. The fourth-order valence-electron chi connectivity index (χ4n) is 1.50. The van der Waals surface area contributed by atoms with Gasteiger partial charge < -0.3 is 15.5 Å². The van der Waals surface area contributed by atoms with Crippen LogP contribution in [0.4, 0.5) is 0 Å². The molecule has 0 fully saturated rings. The van der Waals surface area contributed by atoms with Crippen LogP contribution in [0.2, 0.25) is 0 Å². The van der Waals surface area contributed by atoms with Crippen molar-refractivity contribution in [2.75, 3.05) is 13.7 Å². The van der Waals surface area contributed by atoms with Crippen LogP contribution in [-0.4, -0.2) is 32.7 Å². The molecular weight excluding hydrogens is 242 g/mol. The predicted octanol–water partition coefficient (Wildman–Crippen LogP) is 0.177. The first kappa shape index (κ1) is 14.2. The molecule has 0 saturated carbocycles. The Labute approximate surface area is 102 Å². The fourth-order valence-corrected chi connectivity index (χ4v) is 2.92. The van der Waals surface area contributed by atoms with Gasteiger partial charge in [0.15, 0.2) is 0 Å². The number of nitrogens with one attached hydrogen (secondary N) is 2. The molecule has 17 heavy (non-hydrogen) atoms. The number of hydrogen-bond acceptors (Lipinski definition) is 4. The zero-order valence-corrected chi connectivity index (χ0v) is 11.1. The molecule has 7 heteroatoms. The molecule has 0 aliphatic carbocycles. The van der Waals surface area contributed by atoms with Gasteiger partial charge in [-0.15, -0.1) is 0 Å². The quantitative estimate of drug-likeness (QED) is 0.680. The molecule has 1 aromatic heterocycles. The van der Waals surface area contributed by atoms with E-state index in [2.05, 4.69) is 9.71 Å². The van der Waals surface area contributed by atoms with Gasteiger partial charge in [0.05, 0.1) is 17.0 Å². The van der Waals surface area contributed by atoms with E-state index in [0.29, 0.717) is 12.3 Å². The first-order chi connectivity index (χ1) is 7.80. The Kier molecular flexibility index (Phi) is 4.31. The van der Waals surface area contributed by atoms with Gasteiger partial charge in [-0.25, -0.2) is 13.1 Å². The standard InChI is InChI=1S/C10H19N3O3S/c1-10(2,7-16-3)13-17(14,15)9-4-8(5-11)12-6-9/h4,6,12-13H,5,7,11H2,1-3H3. The average molecular weight is 261 g/mol. The number of aromatic nitrogens is 1. The van der Waals surface area contributed by atoms with E-state index in [9.17, 15) is 8.42 Å². The zero-order valence-electron chi connectivity index (χ0n) is 10.3. The van der Waals surface area contributed by atoms with Crippen molar-refractivity contribution in [3.63, 3.8) is 0 Å². The van der Waals surface area contributed by atoms with Crippen LogP contribution in [0, 0.1) is 0 Å². The van der Waals surface area contributed by atoms with Crippen LogP contribution in [0.25, 0.3) is 0 Å². The summed E-state index contributed by atoms with van der Waals surface area (Å²) in [7, 11) is -2.02. The molecule has 1 heterocycles. The van der Waals surface area contributed by atoms with Crippen LogP contribution < -0.4 is 10.5 Å². The van der Waals surface area contributed by atoms with Crippen molar-refractivity contribution in [3.8, 4) is 0 Å². The maximum atomic E-state index is 12.0. The lowest BCUT2D eigenvalue weighted by Gasteiger charge is -2.24. The molecule has 4 N–H and O–H groups in total.